The molecule has 3 nitrogen and oxygen atoms in total. The van der Waals surface area contributed by atoms with Crippen molar-refractivity contribution in [2.45, 2.75) is 58.4 Å². The Morgan fingerprint density at radius 1 is 1.41 bits per heavy atom. The second kappa shape index (κ2) is 5.48. The maximum atomic E-state index is 11.6. The molecule has 1 heterocycles. The van der Waals surface area contributed by atoms with Crippen LogP contribution in [0.25, 0.3) is 0 Å². The molecule has 0 spiro atoms. The smallest absolute Gasteiger partial charge is 0.141 e. The zero-order valence-electron chi connectivity index (χ0n) is 10.9. The van der Waals surface area contributed by atoms with E-state index in [1.165, 1.54) is 32.1 Å². The largest absolute Gasteiger partial charge is 0.299 e. The Morgan fingerprint density at radius 2 is 2.12 bits per heavy atom. The van der Waals surface area contributed by atoms with Crippen LogP contribution >= 0.6 is 0 Å². The van der Waals surface area contributed by atoms with Crippen molar-refractivity contribution in [2.24, 2.45) is 5.92 Å². The first-order valence-corrected chi connectivity index (χ1v) is 6.73. The summed E-state index contributed by atoms with van der Waals surface area (Å²) < 4.78 is 2.07. The van der Waals surface area contributed by atoms with E-state index in [0.717, 1.165) is 5.69 Å². The van der Waals surface area contributed by atoms with Gasteiger partial charge in [-0.3, -0.25) is 9.48 Å². The monoisotopic (exact) mass is 234 g/mol. The number of hydrogen-bond acceptors (Lipinski definition) is 2. The highest BCUT2D eigenvalue weighted by molar-refractivity contribution is 5.82. The zero-order valence-corrected chi connectivity index (χ0v) is 10.9. The summed E-state index contributed by atoms with van der Waals surface area (Å²) in [6.07, 6.45) is 8.97. The third-order valence-corrected chi connectivity index (χ3v) is 3.61. The molecule has 0 atom stereocenters. The second-order valence-electron chi connectivity index (χ2n) is 5.38. The first kappa shape index (κ1) is 12.3. The van der Waals surface area contributed by atoms with Crippen LogP contribution in [0.4, 0.5) is 0 Å². The number of hydrogen-bond donors (Lipinski definition) is 0. The number of carbonyl (C=O) groups excluding carboxylic acids is 1. The summed E-state index contributed by atoms with van der Waals surface area (Å²) in [4.78, 5) is 11.6. The summed E-state index contributed by atoms with van der Waals surface area (Å²) in [6.45, 7) is 3.89. The van der Waals surface area contributed by atoms with Gasteiger partial charge < -0.3 is 0 Å². The lowest BCUT2D eigenvalue weighted by Gasteiger charge is -2.21. The van der Waals surface area contributed by atoms with E-state index in [0.29, 0.717) is 12.5 Å². The van der Waals surface area contributed by atoms with Crippen molar-refractivity contribution in [1.82, 2.24) is 9.78 Å². The highest BCUT2D eigenvalue weighted by Gasteiger charge is 2.17. The minimum atomic E-state index is 0.106. The maximum Gasteiger partial charge on any atom is 0.141 e. The van der Waals surface area contributed by atoms with E-state index >= 15 is 0 Å². The van der Waals surface area contributed by atoms with Gasteiger partial charge in [-0.05, 0) is 18.9 Å². The van der Waals surface area contributed by atoms with Crippen molar-refractivity contribution in [3.05, 3.63) is 18.0 Å². The molecule has 0 bridgehead atoms. The van der Waals surface area contributed by atoms with E-state index in [4.69, 9.17) is 0 Å². The number of rotatable bonds is 4. The molecule has 0 N–H and O–H groups in total. The SMILES string of the molecule is CC(C)C(=O)Cc1ccn(C2CCCCC2)n1. The van der Waals surface area contributed by atoms with Gasteiger partial charge in [0.15, 0.2) is 0 Å². The molecule has 94 valence electrons. The Labute approximate surface area is 103 Å². The fourth-order valence-corrected chi connectivity index (χ4v) is 2.40. The molecule has 1 aliphatic carbocycles. The summed E-state index contributed by atoms with van der Waals surface area (Å²) in [5.41, 5.74) is 0.925. The quantitative estimate of drug-likeness (QED) is 0.802. The van der Waals surface area contributed by atoms with Gasteiger partial charge in [0.05, 0.1) is 18.2 Å². The van der Waals surface area contributed by atoms with E-state index in [-0.39, 0.29) is 11.7 Å². The Hall–Kier alpha value is -1.12. The van der Waals surface area contributed by atoms with E-state index in [9.17, 15) is 4.79 Å². The molecule has 1 aliphatic rings. The van der Waals surface area contributed by atoms with Crippen molar-refractivity contribution >= 4 is 5.78 Å². The molecule has 0 saturated heterocycles. The zero-order chi connectivity index (χ0) is 12.3. The predicted octanol–water partition coefficient (Wildman–Crippen LogP) is 3.16. The van der Waals surface area contributed by atoms with Crippen LogP contribution in [0.2, 0.25) is 0 Å². The van der Waals surface area contributed by atoms with Gasteiger partial charge in [0.2, 0.25) is 0 Å². The van der Waals surface area contributed by atoms with Gasteiger partial charge in [0, 0.05) is 12.1 Å². The summed E-state index contributed by atoms with van der Waals surface area (Å²) in [7, 11) is 0. The molecule has 1 fully saturated rings. The van der Waals surface area contributed by atoms with E-state index in [1.54, 1.807) is 0 Å². The van der Waals surface area contributed by atoms with E-state index in [1.807, 2.05) is 26.1 Å². The molecule has 1 aromatic heterocycles. The van der Waals surface area contributed by atoms with Crippen LogP contribution in [0.1, 0.15) is 57.7 Å². The lowest BCUT2D eigenvalue weighted by atomic mass is 9.96. The molecule has 0 amide bonds. The van der Waals surface area contributed by atoms with Crippen LogP contribution in [0.5, 0.6) is 0 Å². The van der Waals surface area contributed by atoms with Crippen molar-refractivity contribution < 1.29 is 4.79 Å². The maximum absolute atomic E-state index is 11.6. The molecule has 1 aromatic rings. The molecule has 0 unspecified atom stereocenters. The third kappa shape index (κ3) is 3.18. The molecular formula is C14H22N2O. The summed E-state index contributed by atoms with van der Waals surface area (Å²) in [5, 5.41) is 4.55. The number of nitrogens with zero attached hydrogens (tertiary/aromatic N) is 2. The van der Waals surface area contributed by atoms with Crippen molar-refractivity contribution in [1.29, 1.82) is 0 Å². The topological polar surface area (TPSA) is 34.9 Å². The minimum absolute atomic E-state index is 0.106. The average molecular weight is 234 g/mol. The molecule has 1 saturated carbocycles. The van der Waals surface area contributed by atoms with Gasteiger partial charge >= 0.3 is 0 Å². The molecule has 0 aromatic carbocycles. The van der Waals surface area contributed by atoms with Gasteiger partial charge in [-0.15, -0.1) is 0 Å². The van der Waals surface area contributed by atoms with Gasteiger partial charge in [-0.2, -0.15) is 5.10 Å². The lowest BCUT2D eigenvalue weighted by Crippen LogP contribution is -2.15. The lowest BCUT2D eigenvalue weighted by molar-refractivity contribution is -0.121. The van der Waals surface area contributed by atoms with Crippen LogP contribution in [0.15, 0.2) is 12.3 Å². The van der Waals surface area contributed by atoms with Crippen LogP contribution < -0.4 is 0 Å². The predicted molar refractivity (Wildman–Crippen MR) is 67.9 cm³/mol. The summed E-state index contributed by atoms with van der Waals surface area (Å²) >= 11 is 0. The van der Waals surface area contributed by atoms with Crippen molar-refractivity contribution in [3.8, 4) is 0 Å². The minimum Gasteiger partial charge on any atom is -0.299 e. The molecule has 17 heavy (non-hydrogen) atoms. The number of Topliss-reactive ketones (excluding diaryl/α,β-unsaturated/α-hetero) is 1. The van der Waals surface area contributed by atoms with Crippen LogP contribution in [-0.2, 0) is 11.2 Å². The molecule has 0 radical (unpaired) electrons. The van der Waals surface area contributed by atoms with Crippen LogP contribution in [0, 0.1) is 5.92 Å². The Kier molecular flexibility index (Phi) is 3.97. The Bertz CT molecular complexity index is 375. The highest BCUT2D eigenvalue weighted by atomic mass is 16.1. The third-order valence-electron chi connectivity index (χ3n) is 3.61. The summed E-state index contributed by atoms with van der Waals surface area (Å²) in [5.74, 6) is 0.383. The molecular weight excluding hydrogens is 212 g/mol. The van der Waals surface area contributed by atoms with Gasteiger partial charge in [0.25, 0.3) is 0 Å². The Morgan fingerprint density at radius 3 is 2.76 bits per heavy atom. The second-order valence-corrected chi connectivity index (χ2v) is 5.38. The van der Waals surface area contributed by atoms with Crippen molar-refractivity contribution in [2.75, 3.05) is 0 Å². The number of carbonyl (C=O) groups is 1. The first-order valence-electron chi connectivity index (χ1n) is 6.73. The first-order chi connectivity index (χ1) is 8.16. The average Bonchev–Trinajstić information content (AvgIpc) is 2.78. The number of aromatic nitrogens is 2. The standard InChI is InChI=1S/C14H22N2O/c1-11(2)14(17)10-12-8-9-16(15-12)13-6-4-3-5-7-13/h8-9,11,13H,3-7,10H2,1-2H3. The van der Waals surface area contributed by atoms with Crippen LogP contribution in [-0.4, -0.2) is 15.6 Å². The highest BCUT2D eigenvalue weighted by Crippen LogP contribution is 2.27. The van der Waals surface area contributed by atoms with Gasteiger partial charge in [-0.25, -0.2) is 0 Å². The Balaban J connectivity index is 1.97. The molecule has 3 heteroatoms. The van der Waals surface area contributed by atoms with Gasteiger partial charge in [0.1, 0.15) is 5.78 Å². The number of ketones is 1. The summed E-state index contributed by atoms with van der Waals surface area (Å²) in [6, 6.07) is 2.56. The van der Waals surface area contributed by atoms with Gasteiger partial charge in [-0.1, -0.05) is 33.1 Å². The molecule has 0 aliphatic heterocycles. The van der Waals surface area contributed by atoms with Crippen LogP contribution in [0.3, 0.4) is 0 Å². The van der Waals surface area contributed by atoms with E-state index < -0.39 is 0 Å². The van der Waals surface area contributed by atoms with Crippen molar-refractivity contribution in [3.63, 3.8) is 0 Å². The fraction of sp³-hybridized carbons (Fsp3) is 0.714. The van der Waals surface area contributed by atoms with E-state index in [2.05, 4.69) is 9.78 Å². The normalized spacial score (nSPS) is 17.6. The molecule has 2 rings (SSSR count). The fourth-order valence-electron chi connectivity index (χ4n) is 2.40.